The van der Waals surface area contributed by atoms with Gasteiger partial charge in [0.25, 0.3) is 0 Å². The van der Waals surface area contributed by atoms with E-state index in [0.717, 1.165) is 33.6 Å². The summed E-state index contributed by atoms with van der Waals surface area (Å²) in [6.07, 6.45) is 0. The topological polar surface area (TPSA) is 74.9 Å². The van der Waals surface area contributed by atoms with E-state index >= 15 is 0 Å². The lowest BCUT2D eigenvalue weighted by Gasteiger charge is -1.99. The van der Waals surface area contributed by atoms with Crippen molar-refractivity contribution in [1.29, 1.82) is 0 Å². The maximum Gasteiger partial charge on any atom is 0.141 e. The van der Waals surface area contributed by atoms with Crippen LogP contribution in [0.4, 0.5) is 0 Å². The Balaban J connectivity index is 2.19. The molecule has 3 aromatic rings. The highest BCUT2D eigenvalue weighted by atomic mass is 16.5. The zero-order chi connectivity index (χ0) is 12.7. The molecule has 0 unspecified atom stereocenters. The molecule has 0 aliphatic carbocycles. The number of aromatic nitrogens is 3. The molecule has 0 amide bonds. The summed E-state index contributed by atoms with van der Waals surface area (Å²) in [7, 11) is 0. The third-order valence-electron chi connectivity index (χ3n) is 3.00. The monoisotopic (exact) mass is 243 g/mol. The number of H-pyrrole nitrogens is 1. The van der Waals surface area contributed by atoms with Crippen LogP contribution in [-0.4, -0.2) is 20.2 Å². The third-order valence-corrected chi connectivity index (χ3v) is 3.00. The molecular formula is C13H13N3O2. The average Bonchev–Trinajstić information content (AvgIpc) is 2.92. The molecule has 0 saturated heterocycles. The van der Waals surface area contributed by atoms with Gasteiger partial charge in [-0.1, -0.05) is 11.2 Å². The van der Waals surface area contributed by atoms with E-state index in [1.54, 1.807) is 0 Å². The first kappa shape index (κ1) is 11.0. The molecule has 0 saturated carbocycles. The summed E-state index contributed by atoms with van der Waals surface area (Å²) >= 11 is 0. The first-order chi connectivity index (χ1) is 8.69. The molecule has 0 aliphatic rings. The molecule has 0 bridgehead atoms. The van der Waals surface area contributed by atoms with E-state index in [4.69, 9.17) is 9.63 Å². The minimum atomic E-state index is -0.0880. The van der Waals surface area contributed by atoms with E-state index in [-0.39, 0.29) is 6.61 Å². The van der Waals surface area contributed by atoms with Crippen LogP contribution in [0.5, 0.6) is 0 Å². The Morgan fingerprint density at radius 1 is 1.33 bits per heavy atom. The summed E-state index contributed by atoms with van der Waals surface area (Å²) in [5.74, 6) is 1.37. The molecule has 5 nitrogen and oxygen atoms in total. The SMILES string of the molecule is Cc1noc(C)c1-c1ccc2nc(CO)[nH]c2c1. The number of nitrogens with zero attached hydrogens (tertiary/aromatic N) is 2. The van der Waals surface area contributed by atoms with E-state index in [2.05, 4.69) is 15.1 Å². The van der Waals surface area contributed by atoms with Crippen molar-refractivity contribution in [3.63, 3.8) is 0 Å². The standard InChI is InChI=1S/C13H13N3O2/c1-7-13(8(2)18-16-7)9-3-4-10-11(5-9)15-12(6-17)14-10/h3-5,17H,6H2,1-2H3,(H,14,15). The molecule has 0 spiro atoms. The van der Waals surface area contributed by atoms with Gasteiger partial charge in [0.15, 0.2) is 0 Å². The second kappa shape index (κ2) is 3.96. The van der Waals surface area contributed by atoms with Crippen molar-refractivity contribution in [3.8, 4) is 11.1 Å². The zero-order valence-electron chi connectivity index (χ0n) is 10.2. The molecule has 3 rings (SSSR count). The van der Waals surface area contributed by atoms with Gasteiger partial charge < -0.3 is 14.6 Å². The van der Waals surface area contributed by atoms with Crippen molar-refractivity contribution < 1.29 is 9.63 Å². The van der Waals surface area contributed by atoms with Crippen LogP contribution < -0.4 is 0 Å². The molecule has 0 fully saturated rings. The first-order valence-corrected chi connectivity index (χ1v) is 5.72. The van der Waals surface area contributed by atoms with E-state index in [1.807, 2.05) is 32.0 Å². The number of aliphatic hydroxyl groups is 1. The van der Waals surface area contributed by atoms with Crippen LogP contribution in [0, 0.1) is 13.8 Å². The third kappa shape index (κ3) is 1.60. The Hall–Kier alpha value is -2.14. The largest absolute Gasteiger partial charge is 0.388 e. The number of aliphatic hydroxyl groups excluding tert-OH is 1. The summed E-state index contributed by atoms with van der Waals surface area (Å²) in [5, 5.41) is 13.0. The molecule has 2 aromatic heterocycles. The zero-order valence-corrected chi connectivity index (χ0v) is 10.2. The summed E-state index contributed by atoms with van der Waals surface area (Å²) < 4.78 is 5.17. The van der Waals surface area contributed by atoms with Crippen LogP contribution in [0.3, 0.4) is 0 Å². The van der Waals surface area contributed by atoms with Gasteiger partial charge in [0.05, 0.1) is 16.7 Å². The molecule has 0 atom stereocenters. The van der Waals surface area contributed by atoms with Crippen LogP contribution in [0.2, 0.25) is 0 Å². The summed E-state index contributed by atoms with van der Waals surface area (Å²) in [4.78, 5) is 7.33. The van der Waals surface area contributed by atoms with Gasteiger partial charge in [-0.2, -0.15) is 0 Å². The average molecular weight is 243 g/mol. The minimum absolute atomic E-state index is 0.0880. The number of aromatic amines is 1. The second-order valence-electron chi connectivity index (χ2n) is 4.27. The summed E-state index contributed by atoms with van der Waals surface area (Å²) in [5.41, 5.74) is 4.66. The van der Waals surface area contributed by atoms with Gasteiger partial charge in [0, 0.05) is 5.56 Å². The van der Waals surface area contributed by atoms with Crippen molar-refractivity contribution in [2.45, 2.75) is 20.5 Å². The fraction of sp³-hybridized carbons (Fsp3) is 0.231. The molecular weight excluding hydrogens is 230 g/mol. The molecule has 1 aromatic carbocycles. The van der Waals surface area contributed by atoms with Gasteiger partial charge in [-0.05, 0) is 31.5 Å². The lowest BCUT2D eigenvalue weighted by atomic mass is 10.0. The lowest BCUT2D eigenvalue weighted by molar-refractivity contribution is 0.273. The van der Waals surface area contributed by atoms with Crippen molar-refractivity contribution in [1.82, 2.24) is 15.1 Å². The second-order valence-corrected chi connectivity index (χ2v) is 4.27. The Labute approximate surface area is 103 Å². The van der Waals surface area contributed by atoms with Crippen LogP contribution in [-0.2, 0) is 6.61 Å². The highest BCUT2D eigenvalue weighted by Crippen LogP contribution is 2.28. The molecule has 5 heteroatoms. The molecule has 92 valence electrons. The highest BCUT2D eigenvalue weighted by Gasteiger charge is 2.12. The maximum absolute atomic E-state index is 9.06. The first-order valence-electron chi connectivity index (χ1n) is 5.72. The van der Waals surface area contributed by atoms with Crippen molar-refractivity contribution in [2.75, 3.05) is 0 Å². The van der Waals surface area contributed by atoms with Gasteiger partial charge >= 0.3 is 0 Å². The Morgan fingerprint density at radius 2 is 2.17 bits per heavy atom. The van der Waals surface area contributed by atoms with E-state index in [1.165, 1.54) is 0 Å². The number of hydrogen-bond acceptors (Lipinski definition) is 4. The van der Waals surface area contributed by atoms with Crippen molar-refractivity contribution >= 4 is 11.0 Å². The van der Waals surface area contributed by atoms with E-state index in [9.17, 15) is 0 Å². The quantitative estimate of drug-likeness (QED) is 0.724. The normalized spacial score (nSPS) is 11.3. The Bertz CT molecular complexity index is 693. The fourth-order valence-corrected chi connectivity index (χ4v) is 2.19. The molecule has 2 heterocycles. The Morgan fingerprint density at radius 3 is 2.83 bits per heavy atom. The number of fused-ring (bicyclic) bond motifs is 1. The minimum Gasteiger partial charge on any atom is -0.388 e. The molecule has 2 N–H and O–H groups in total. The molecule has 18 heavy (non-hydrogen) atoms. The number of imidazole rings is 1. The van der Waals surface area contributed by atoms with Gasteiger partial charge in [0.1, 0.15) is 18.2 Å². The van der Waals surface area contributed by atoms with Gasteiger partial charge in [-0.3, -0.25) is 0 Å². The van der Waals surface area contributed by atoms with Crippen molar-refractivity contribution in [3.05, 3.63) is 35.5 Å². The van der Waals surface area contributed by atoms with Crippen LogP contribution >= 0.6 is 0 Å². The molecule has 0 aliphatic heterocycles. The van der Waals surface area contributed by atoms with Crippen LogP contribution in [0.25, 0.3) is 22.2 Å². The molecule has 0 radical (unpaired) electrons. The number of benzene rings is 1. The van der Waals surface area contributed by atoms with Crippen molar-refractivity contribution in [2.24, 2.45) is 0 Å². The highest BCUT2D eigenvalue weighted by molar-refractivity contribution is 5.82. The van der Waals surface area contributed by atoms with Gasteiger partial charge in [0.2, 0.25) is 0 Å². The lowest BCUT2D eigenvalue weighted by Crippen LogP contribution is -1.83. The van der Waals surface area contributed by atoms with Gasteiger partial charge in [-0.15, -0.1) is 0 Å². The van der Waals surface area contributed by atoms with E-state index < -0.39 is 0 Å². The predicted molar refractivity (Wildman–Crippen MR) is 67.0 cm³/mol. The summed E-state index contributed by atoms with van der Waals surface area (Å²) in [6.45, 7) is 3.73. The van der Waals surface area contributed by atoms with Crippen LogP contribution in [0.1, 0.15) is 17.3 Å². The summed E-state index contributed by atoms with van der Waals surface area (Å²) in [6, 6.07) is 5.90. The predicted octanol–water partition coefficient (Wildman–Crippen LogP) is 2.33. The Kier molecular flexibility index (Phi) is 2.41. The van der Waals surface area contributed by atoms with Crippen LogP contribution in [0.15, 0.2) is 22.7 Å². The number of aryl methyl sites for hydroxylation is 2. The van der Waals surface area contributed by atoms with Gasteiger partial charge in [-0.25, -0.2) is 4.98 Å². The maximum atomic E-state index is 9.06. The number of hydrogen-bond donors (Lipinski definition) is 2. The number of rotatable bonds is 2. The number of nitrogens with one attached hydrogen (secondary N) is 1. The fourth-order valence-electron chi connectivity index (χ4n) is 2.19. The smallest absolute Gasteiger partial charge is 0.141 e. The van der Waals surface area contributed by atoms with E-state index in [0.29, 0.717) is 5.82 Å².